The first kappa shape index (κ1) is 25.8. The first-order chi connectivity index (χ1) is 24.4. The molecule has 1 aliphatic rings. The van der Waals surface area contributed by atoms with E-state index in [0.717, 1.165) is 46.1 Å². The summed E-state index contributed by atoms with van der Waals surface area (Å²) >= 11 is 0. The summed E-state index contributed by atoms with van der Waals surface area (Å²) in [4.78, 5) is 2.22. The normalized spacial score (nSPS) is 14.1. The minimum absolute atomic E-state index is 0.148. The largest absolute Gasteiger partial charge is 0.309 e. The number of anilines is 3. The van der Waals surface area contributed by atoms with E-state index in [1.807, 2.05) is 24.3 Å². The Morgan fingerprint density at radius 3 is 1.87 bits per heavy atom. The van der Waals surface area contributed by atoms with E-state index in [1.54, 1.807) is 6.07 Å². The van der Waals surface area contributed by atoms with Crippen LogP contribution in [-0.4, -0.2) is 0 Å². The van der Waals surface area contributed by atoms with Crippen LogP contribution in [0.3, 0.4) is 0 Å². The zero-order valence-corrected chi connectivity index (χ0v) is 26.9. The molecule has 0 saturated carbocycles. The van der Waals surface area contributed by atoms with Crippen LogP contribution in [0.4, 0.5) is 17.1 Å². The van der Waals surface area contributed by atoms with Crippen molar-refractivity contribution < 1.29 is 4.11 Å². The van der Waals surface area contributed by atoms with Crippen LogP contribution in [0.1, 0.15) is 47.5 Å². The summed E-state index contributed by atoms with van der Waals surface area (Å²) < 4.78 is 25.9. The molecule has 8 rings (SSSR count). The van der Waals surface area contributed by atoms with Gasteiger partial charge in [0.15, 0.2) is 0 Å². The van der Waals surface area contributed by atoms with Gasteiger partial charge in [-0.3, -0.25) is 0 Å². The van der Waals surface area contributed by atoms with Crippen LogP contribution in [0.2, 0.25) is 0 Å². The van der Waals surface area contributed by atoms with E-state index in [0.29, 0.717) is 11.3 Å². The van der Waals surface area contributed by atoms with E-state index in [4.69, 9.17) is 4.11 Å². The first-order valence-corrected chi connectivity index (χ1v) is 16.7. The monoisotopic (exact) mass is 608 g/mol. The van der Waals surface area contributed by atoms with Crippen molar-refractivity contribution in [1.82, 2.24) is 0 Å². The third-order valence-electron chi connectivity index (χ3n) is 10.3. The second-order valence-corrected chi connectivity index (χ2v) is 12.5. The van der Waals surface area contributed by atoms with Gasteiger partial charge in [-0.1, -0.05) is 147 Å². The second kappa shape index (κ2) is 11.8. The fourth-order valence-corrected chi connectivity index (χ4v) is 7.94. The highest BCUT2D eigenvalue weighted by atomic mass is 15.1. The molecule has 1 aliphatic carbocycles. The van der Waals surface area contributed by atoms with E-state index in [2.05, 4.69) is 146 Å². The number of fused-ring (bicyclic) bond motifs is 4. The maximum absolute atomic E-state index is 8.65. The van der Waals surface area contributed by atoms with Gasteiger partial charge in [0.25, 0.3) is 0 Å². The predicted molar refractivity (Wildman–Crippen MR) is 201 cm³/mol. The molecule has 0 aromatic heterocycles. The molecular weight excluding hydrogens is 567 g/mol. The molecule has 47 heavy (non-hydrogen) atoms. The minimum atomic E-state index is -2.31. The third-order valence-corrected chi connectivity index (χ3v) is 10.3. The summed E-state index contributed by atoms with van der Waals surface area (Å²) in [5.74, 6) is 0. The van der Waals surface area contributed by atoms with E-state index in [1.165, 1.54) is 33.4 Å². The van der Waals surface area contributed by atoms with E-state index in [9.17, 15) is 0 Å². The number of aryl methyl sites for hydroxylation is 1. The molecule has 0 saturated heterocycles. The predicted octanol–water partition coefficient (Wildman–Crippen LogP) is 13.0. The summed E-state index contributed by atoms with van der Waals surface area (Å²) in [6, 6.07) is 54.9. The van der Waals surface area contributed by atoms with Crippen molar-refractivity contribution in [3.63, 3.8) is 0 Å². The van der Waals surface area contributed by atoms with Crippen LogP contribution in [-0.2, 0) is 5.41 Å². The number of para-hydroxylation sites is 1. The van der Waals surface area contributed by atoms with Gasteiger partial charge in [0.05, 0.1) is 5.69 Å². The number of rotatable bonds is 7. The van der Waals surface area contributed by atoms with Crippen molar-refractivity contribution >= 4 is 27.8 Å². The zero-order valence-electron chi connectivity index (χ0n) is 29.9. The first-order valence-electron chi connectivity index (χ1n) is 18.2. The Hall–Kier alpha value is -5.40. The van der Waals surface area contributed by atoms with Crippen LogP contribution in [0.25, 0.3) is 44.2 Å². The van der Waals surface area contributed by atoms with Crippen LogP contribution in [0.5, 0.6) is 0 Å². The average Bonchev–Trinajstić information content (AvgIpc) is 3.44. The number of hydrogen-bond acceptors (Lipinski definition) is 1. The number of benzene rings is 7. The Kier molecular flexibility index (Phi) is 6.44. The van der Waals surface area contributed by atoms with Crippen LogP contribution >= 0.6 is 0 Å². The van der Waals surface area contributed by atoms with E-state index < -0.39 is 6.85 Å². The Balaban J connectivity index is 1.43. The molecule has 7 aromatic rings. The van der Waals surface area contributed by atoms with Gasteiger partial charge in [0.1, 0.15) is 0 Å². The molecule has 0 N–H and O–H groups in total. The van der Waals surface area contributed by atoms with E-state index >= 15 is 0 Å². The lowest BCUT2D eigenvalue weighted by Gasteiger charge is -2.33. The Morgan fingerprint density at radius 1 is 0.553 bits per heavy atom. The summed E-state index contributed by atoms with van der Waals surface area (Å²) in [6.45, 7) is 2.27. The van der Waals surface area contributed by atoms with Gasteiger partial charge in [0, 0.05) is 31.9 Å². The van der Waals surface area contributed by atoms with Gasteiger partial charge in [-0.05, 0) is 93.9 Å². The van der Waals surface area contributed by atoms with Gasteiger partial charge in [0.2, 0.25) is 0 Å². The molecule has 7 aromatic carbocycles. The molecular formula is C46H39N. The molecule has 0 atom stereocenters. The van der Waals surface area contributed by atoms with Gasteiger partial charge >= 0.3 is 0 Å². The lowest BCUT2D eigenvalue weighted by molar-refractivity contribution is 0.491. The Bertz CT molecular complexity index is 2330. The van der Waals surface area contributed by atoms with Crippen molar-refractivity contribution in [2.24, 2.45) is 0 Å². The summed E-state index contributed by atoms with van der Waals surface area (Å²) in [6.07, 6.45) is 1.93. The van der Waals surface area contributed by atoms with Crippen molar-refractivity contribution in [3.8, 4) is 33.4 Å². The summed E-state index contributed by atoms with van der Waals surface area (Å²) in [7, 11) is 0. The molecule has 0 unspecified atom stereocenters. The molecule has 0 radical (unpaired) electrons. The quantitative estimate of drug-likeness (QED) is 0.174. The average molecular weight is 609 g/mol. The smallest absolute Gasteiger partial charge is 0.0621 e. The molecule has 0 heterocycles. The fourth-order valence-electron chi connectivity index (χ4n) is 7.94. The molecule has 1 heteroatoms. The lowest BCUT2D eigenvalue weighted by atomic mass is 9.73. The van der Waals surface area contributed by atoms with Crippen LogP contribution in [0, 0.1) is 6.85 Å². The minimum Gasteiger partial charge on any atom is -0.309 e. The van der Waals surface area contributed by atoms with Gasteiger partial charge in [-0.25, -0.2) is 0 Å². The van der Waals surface area contributed by atoms with Crippen LogP contribution < -0.4 is 4.90 Å². The van der Waals surface area contributed by atoms with Crippen molar-refractivity contribution in [2.75, 3.05) is 4.90 Å². The molecule has 228 valence electrons. The summed E-state index contributed by atoms with van der Waals surface area (Å²) in [5.41, 5.74) is 12.4. The van der Waals surface area contributed by atoms with Crippen molar-refractivity contribution in [2.45, 2.75) is 39.0 Å². The zero-order chi connectivity index (χ0) is 34.5. The highest BCUT2D eigenvalue weighted by Crippen LogP contribution is 2.59. The fraction of sp³-hybridized carbons (Fsp3) is 0.130. The Morgan fingerprint density at radius 2 is 1.15 bits per heavy atom. The standard InChI is InChI=1S/C46H39N/c1-4-46(5-2)41-25-15-14-24-40(41)44-42(46)31-35-20-10-11-23-39(35)45(44)47(43-26-16-9-17-32(43)3)36-29-27-34(28-30-36)38-22-13-12-21-37(38)33-18-7-6-8-19-33/h6-31H,4-5H2,1-3H3/i3D3. The summed E-state index contributed by atoms with van der Waals surface area (Å²) in [5, 5.41) is 2.23. The highest BCUT2D eigenvalue weighted by molar-refractivity contribution is 6.10. The van der Waals surface area contributed by atoms with E-state index in [-0.39, 0.29) is 5.41 Å². The van der Waals surface area contributed by atoms with Gasteiger partial charge in [-0.2, -0.15) is 0 Å². The third kappa shape index (κ3) is 4.61. The number of hydrogen-bond donors (Lipinski definition) is 0. The highest BCUT2D eigenvalue weighted by Gasteiger charge is 2.43. The molecule has 0 bridgehead atoms. The molecule has 0 fully saturated rings. The number of nitrogens with zero attached hydrogens (tertiary/aromatic N) is 1. The molecule has 0 spiro atoms. The second-order valence-electron chi connectivity index (χ2n) is 12.5. The van der Waals surface area contributed by atoms with Crippen molar-refractivity contribution in [1.29, 1.82) is 0 Å². The maximum atomic E-state index is 8.65. The molecule has 0 amide bonds. The Labute approximate surface area is 283 Å². The lowest BCUT2D eigenvalue weighted by Crippen LogP contribution is -2.23. The van der Waals surface area contributed by atoms with Gasteiger partial charge < -0.3 is 4.90 Å². The van der Waals surface area contributed by atoms with Crippen molar-refractivity contribution in [3.05, 3.63) is 174 Å². The molecule has 1 nitrogen and oxygen atoms in total. The SMILES string of the molecule is [2H]C([2H])([2H])c1ccccc1N(c1ccc(-c2ccccc2-c2ccccc2)cc1)c1c2c(cc3ccccc13)C(CC)(CC)c1ccccc1-2. The topological polar surface area (TPSA) is 3.24 Å². The molecule has 0 aliphatic heterocycles. The van der Waals surface area contributed by atoms with Crippen LogP contribution in [0.15, 0.2) is 158 Å². The van der Waals surface area contributed by atoms with Gasteiger partial charge in [-0.15, -0.1) is 0 Å². The maximum Gasteiger partial charge on any atom is 0.0621 e.